The molecule has 1 atom stereocenters. The fraction of sp³-hybridized carbons (Fsp3) is 0.154. The van der Waals surface area contributed by atoms with Gasteiger partial charge in [0.05, 0.1) is 6.04 Å². The van der Waals surface area contributed by atoms with E-state index in [0.29, 0.717) is 18.7 Å². The number of carbonyl (C=O) groups is 2. The van der Waals surface area contributed by atoms with E-state index >= 15 is 0 Å². The number of carbonyl (C=O) groups excluding carboxylic acids is 2. The molecule has 0 unspecified atom stereocenters. The number of nitrogens with one attached hydrogen (secondary N) is 1. The van der Waals surface area contributed by atoms with E-state index in [2.05, 4.69) is 17.4 Å². The third-order valence-electron chi connectivity index (χ3n) is 5.40. The molecule has 4 heteroatoms. The summed E-state index contributed by atoms with van der Waals surface area (Å²) in [4.78, 5) is 25.0. The number of aryl methyl sites for hydroxylation is 1. The van der Waals surface area contributed by atoms with Crippen molar-refractivity contribution in [2.24, 2.45) is 0 Å². The highest BCUT2D eigenvalue weighted by atomic mass is 16.2. The van der Waals surface area contributed by atoms with E-state index in [1.54, 1.807) is 0 Å². The molecule has 1 amide bonds. The minimum atomic E-state index is -0.581. The Bertz CT molecular complexity index is 1160. The van der Waals surface area contributed by atoms with Crippen molar-refractivity contribution in [1.82, 2.24) is 9.88 Å². The fourth-order valence-electron chi connectivity index (χ4n) is 3.94. The highest BCUT2D eigenvalue weighted by molar-refractivity contribution is 6.02. The first-order valence-corrected chi connectivity index (χ1v) is 10.1. The van der Waals surface area contributed by atoms with E-state index in [1.807, 2.05) is 84.3 Å². The molecule has 1 N–H and O–H groups in total. The SMILES string of the molecule is Cc1c(C(=O)N[C@H](C=O)Cc2ccccc2)n(Cc2ccccc2)c2ccccc12. The van der Waals surface area contributed by atoms with Crippen LogP contribution < -0.4 is 5.32 Å². The molecule has 0 spiro atoms. The number of para-hydroxylation sites is 1. The maximum Gasteiger partial charge on any atom is 0.268 e. The molecule has 0 bridgehead atoms. The Morgan fingerprint density at radius 1 is 0.900 bits per heavy atom. The first-order chi connectivity index (χ1) is 14.7. The van der Waals surface area contributed by atoms with Crippen LogP contribution in [0, 0.1) is 6.92 Å². The van der Waals surface area contributed by atoms with Crippen molar-refractivity contribution in [3.8, 4) is 0 Å². The summed E-state index contributed by atoms with van der Waals surface area (Å²) in [5.74, 6) is -0.229. The molecule has 0 saturated carbocycles. The summed E-state index contributed by atoms with van der Waals surface area (Å²) < 4.78 is 2.04. The van der Waals surface area contributed by atoms with Crippen molar-refractivity contribution in [1.29, 1.82) is 0 Å². The van der Waals surface area contributed by atoms with Gasteiger partial charge in [-0.2, -0.15) is 0 Å². The van der Waals surface area contributed by atoms with Crippen LogP contribution >= 0.6 is 0 Å². The minimum Gasteiger partial charge on any atom is -0.341 e. The number of benzene rings is 3. The zero-order valence-corrected chi connectivity index (χ0v) is 16.9. The van der Waals surface area contributed by atoms with Gasteiger partial charge in [0.2, 0.25) is 0 Å². The van der Waals surface area contributed by atoms with Gasteiger partial charge in [-0.3, -0.25) is 4.79 Å². The van der Waals surface area contributed by atoms with Crippen LogP contribution in [0.15, 0.2) is 84.9 Å². The lowest BCUT2D eigenvalue weighted by atomic mass is 10.1. The molecular formula is C26H24N2O2. The van der Waals surface area contributed by atoms with E-state index in [9.17, 15) is 9.59 Å². The number of rotatable bonds is 7. The van der Waals surface area contributed by atoms with Gasteiger partial charge in [-0.05, 0) is 36.1 Å². The van der Waals surface area contributed by atoms with Crippen molar-refractivity contribution < 1.29 is 9.59 Å². The second-order valence-electron chi connectivity index (χ2n) is 7.47. The molecular weight excluding hydrogens is 372 g/mol. The van der Waals surface area contributed by atoms with Gasteiger partial charge in [0.15, 0.2) is 0 Å². The first-order valence-electron chi connectivity index (χ1n) is 10.1. The molecule has 4 nitrogen and oxygen atoms in total. The summed E-state index contributed by atoms with van der Waals surface area (Å²) in [7, 11) is 0. The highest BCUT2D eigenvalue weighted by Crippen LogP contribution is 2.26. The number of hydrogen-bond donors (Lipinski definition) is 1. The Morgan fingerprint density at radius 3 is 2.17 bits per heavy atom. The molecule has 150 valence electrons. The molecule has 0 radical (unpaired) electrons. The number of aldehydes is 1. The van der Waals surface area contributed by atoms with Gasteiger partial charge in [-0.1, -0.05) is 78.9 Å². The maximum atomic E-state index is 13.3. The van der Waals surface area contributed by atoms with Crippen molar-refractivity contribution in [2.45, 2.75) is 25.9 Å². The van der Waals surface area contributed by atoms with Crippen molar-refractivity contribution >= 4 is 23.1 Å². The molecule has 0 aliphatic rings. The summed E-state index contributed by atoms with van der Waals surface area (Å²) in [6.45, 7) is 2.55. The zero-order chi connectivity index (χ0) is 20.9. The second kappa shape index (κ2) is 8.78. The fourth-order valence-corrected chi connectivity index (χ4v) is 3.94. The average Bonchev–Trinajstić information content (AvgIpc) is 3.06. The van der Waals surface area contributed by atoms with Gasteiger partial charge in [0.1, 0.15) is 12.0 Å². The second-order valence-corrected chi connectivity index (χ2v) is 7.47. The van der Waals surface area contributed by atoms with Crippen LogP contribution in [0.3, 0.4) is 0 Å². The highest BCUT2D eigenvalue weighted by Gasteiger charge is 2.22. The van der Waals surface area contributed by atoms with Gasteiger partial charge in [0.25, 0.3) is 5.91 Å². The standard InChI is InChI=1S/C26H24N2O2/c1-19-23-14-8-9-15-24(23)28(17-21-12-6-3-7-13-21)25(19)26(30)27-22(18-29)16-20-10-4-2-5-11-20/h2-15,18,22H,16-17H2,1H3,(H,27,30)/t22-/m0/s1. The number of nitrogens with zero attached hydrogens (tertiary/aromatic N) is 1. The topological polar surface area (TPSA) is 51.1 Å². The largest absolute Gasteiger partial charge is 0.341 e. The van der Waals surface area contributed by atoms with Gasteiger partial charge >= 0.3 is 0 Å². The first kappa shape index (κ1) is 19.6. The molecule has 4 aromatic rings. The van der Waals surface area contributed by atoms with Crippen LogP contribution in [0.5, 0.6) is 0 Å². The molecule has 4 rings (SSSR count). The predicted molar refractivity (Wildman–Crippen MR) is 120 cm³/mol. The number of fused-ring (bicyclic) bond motifs is 1. The molecule has 0 saturated heterocycles. The Labute approximate surface area is 176 Å². The summed E-state index contributed by atoms with van der Waals surface area (Å²) in [6.07, 6.45) is 1.28. The minimum absolute atomic E-state index is 0.229. The van der Waals surface area contributed by atoms with Gasteiger partial charge < -0.3 is 14.7 Å². The molecule has 0 aliphatic heterocycles. The van der Waals surface area contributed by atoms with Crippen LogP contribution in [0.2, 0.25) is 0 Å². The van der Waals surface area contributed by atoms with Crippen molar-refractivity contribution in [2.75, 3.05) is 0 Å². The van der Waals surface area contributed by atoms with Crippen molar-refractivity contribution in [3.05, 3.63) is 107 Å². The molecule has 30 heavy (non-hydrogen) atoms. The van der Waals surface area contributed by atoms with E-state index in [-0.39, 0.29) is 5.91 Å². The summed E-state index contributed by atoms with van der Waals surface area (Å²) in [5.41, 5.74) is 4.65. The lowest BCUT2D eigenvalue weighted by molar-refractivity contribution is -0.109. The Balaban J connectivity index is 1.68. The van der Waals surface area contributed by atoms with E-state index in [0.717, 1.165) is 33.9 Å². The van der Waals surface area contributed by atoms with Crippen LogP contribution in [0.4, 0.5) is 0 Å². The molecule has 3 aromatic carbocycles. The quantitative estimate of drug-likeness (QED) is 0.466. The number of amides is 1. The lowest BCUT2D eigenvalue weighted by Gasteiger charge is -2.16. The van der Waals surface area contributed by atoms with Crippen molar-refractivity contribution in [3.63, 3.8) is 0 Å². The van der Waals surface area contributed by atoms with Crippen LogP contribution in [-0.4, -0.2) is 22.8 Å². The Hall–Kier alpha value is -3.66. The summed E-state index contributed by atoms with van der Waals surface area (Å²) in [5, 5.41) is 3.98. The Kier molecular flexibility index (Phi) is 5.75. The Morgan fingerprint density at radius 2 is 1.50 bits per heavy atom. The van der Waals surface area contributed by atoms with E-state index in [4.69, 9.17) is 0 Å². The molecule has 0 fully saturated rings. The molecule has 1 aromatic heterocycles. The molecule has 0 aliphatic carbocycles. The van der Waals surface area contributed by atoms with E-state index < -0.39 is 6.04 Å². The maximum absolute atomic E-state index is 13.3. The molecule has 1 heterocycles. The smallest absolute Gasteiger partial charge is 0.268 e. The van der Waals surface area contributed by atoms with Gasteiger partial charge in [-0.25, -0.2) is 0 Å². The van der Waals surface area contributed by atoms with Crippen LogP contribution in [-0.2, 0) is 17.8 Å². The van der Waals surface area contributed by atoms with E-state index in [1.165, 1.54) is 0 Å². The lowest BCUT2D eigenvalue weighted by Crippen LogP contribution is -2.39. The number of aromatic nitrogens is 1. The predicted octanol–water partition coefficient (Wildman–Crippen LogP) is 4.54. The van der Waals surface area contributed by atoms with Gasteiger partial charge in [0, 0.05) is 17.4 Å². The third kappa shape index (κ3) is 4.03. The summed E-state index contributed by atoms with van der Waals surface area (Å²) >= 11 is 0. The normalized spacial score (nSPS) is 11.9. The average molecular weight is 396 g/mol. The van der Waals surface area contributed by atoms with Crippen LogP contribution in [0.1, 0.15) is 27.2 Å². The zero-order valence-electron chi connectivity index (χ0n) is 16.9. The third-order valence-corrected chi connectivity index (χ3v) is 5.40. The summed E-state index contributed by atoms with van der Waals surface area (Å²) in [6, 6.07) is 27.2. The monoisotopic (exact) mass is 396 g/mol. The van der Waals surface area contributed by atoms with Gasteiger partial charge in [-0.15, -0.1) is 0 Å². The number of hydrogen-bond acceptors (Lipinski definition) is 2. The van der Waals surface area contributed by atoms with Crippen LogP contribution in [0.25, 0.3) is 10.9 Å².